The molecule has 2 atom stereocenters. The fourth-order valence-electron chi connectivity index (χ4n) is 2.08. The van der Waals surface area contributed by atoms with Crippen LogP contribution in [-0.2, 0) is 33.4 Å². The summed E-state index contributed by atoms with van der Waals surface area (Å²) in [5, 5.41) is 10.0. The Morgan fingerprint density at radius 1 is 0.923 bits per heavy atom. The van der Waals surface area contributed by atoms with Crippen molar-refractivity contribution in [3.05, 3.63) is 24.4 Å². The molecule has 11 nitrogen and oxygen atoms in total. The van der Waals surface area contributed by atoms with Crippen molar-refractivity contribution in [2.75, 3.05) is 26.3 Å². The lowest BCUT2D eigenvalue weighted by Crippen LogP contribution is -2.58. The van der Waals surface area contributed by atoms with Crippen LogP contribution in [0.1, 0.15) is 0 Å². The monoisotopic (exact) mass is 366 g/mol. The van der Waals surface area contributed by atoms with E-state index in [4.69, 9.17) is 9.47 Å². The van der Waals surface area contributed by atoms with Crippen LogP contribution in [0.2, 0.25) is 0 Å². The smallest absolute Gasteiger partial charge is 0.331 e. The molecule has 26 heavy (non-hydrogen) atoms. The number of ether oxygens (including phenoxy) is 2. The number of carbonyl (C=O) groups excluding carboxylic acids is 5. The minimum absolute atomic E-state index is 0.129. The zero-order chi connectivity index (χ0) is 19.1. The molecule has 2 heterocycles. The average Bonchev–Trinajstić information content (AvgIpc) is 2.61. The molecule has 0 unspecified atom stereocenters. The number of hydrogen-bond acceptors (Lipinski definition) is 8. The van der Waals surface area contributed by atoms with Crippen LogP contribution in [0.3, 0.4) is 0 Å². The minimum Gasteiger partial charge on any atom is -0.460 e. The van der Waals surface area contributed by atoms with Crippen LogP contribution in [0.4, 0.5) is 0 Å². The molecule has 2 rings (SSSR count). The molecule has 3 amide bonds. The highest BCUT2D eigenvalue weighted by molar-refractivity contribution is 5.95. The van der Waals surface area contributed by atoms with Gasteiger partial charge in [0.2, 0.25) is 17.7 Å². The molecule has 140 valence electrons. The number of carbonyl (C=O) groups is 5. The van der Waals surface area contributed by atoms with Gasteiger partial charge in [0, 0.05) is 17.8 Å². The van der Waals surface area contributed by atoms with E-state index >= 15 is 0 Å². The maximum atomic E-state index is 11.6. The third-order valence-electron chi connectivity index (χ3n) is 3.39. The van der Waals surface area contributed by atoms with E-state index in [-0.39, 0.29) is 25.7 Å². The van der Waals surface area contributed by atoms with E-state index in [2.05, 4.69) is 27.8 Å². The summed E-state index contributed by atoms with van der Waals surface area (Å²) >= 11 is 0. The summed E-state index contributed by atoms with van der Waals surface area (Å²) in [4.78, 5) is 57.2. The van der Waals surface area contributed by atoms with Gasteiger partial charge in [-0.15, -0.1) is 0 Å². The number of esters is 2. The Kier molecular flexibility index (Phi) is 6.31. The van der Waals surface area contributed by atoms with Gasteiger partial charge in [-0.25, -0.2) is 9.59 Å². The lowest BCUT2D eigenvalue weighted by Gasteiger charge is -2.25. The van der Waals surface area contributed by atoms with Crippen molar-refractivity contribution in [1.82, 2.24) is 21.3 Å². The second kappa shape index (κ2) is 8.65. The maximum absolute atomic E-state index is 11.6. The highest BCUT2D eigenvalue weighted by atomic mass is 16.5. The standard InChI is InChI=1S/C15H18N4O7/c1-8-4-16-14(23)9(18-8)6-25-12(21)2-3-13(22)26-7-10-15(24)17-5-11(20)19-10/h2-3,9-10,18H,1,4-7H2,(H,16,23)(H,17,24)(H,19,20)/b3-2+/t9-,10-/m0/s1. The Morgan fingerprint density at radius 3 is 2.00 bits per heavy atom. The lowest BCUT2D eigenvalue weighted by molar-refractivity contribution is -0.144. The quantitative estimate of drug-likeness (QED) is 0.284. The molecule has 2 fully saturated rings. The van der Waals surface area contributed by atoms with Crippen molar-refractivity contribution >= 4 is 29.7 Å². The van der Waals surface area contributed by atoms with Gasteiger partial charge in [-0.1, -0.05) is 6.58 Å². The van der Waals surface area contributed by atoms with Crippen LogP contribution in [0.5, 0.6) is 0 Å². The summed E-state index contributed by atoms with van der Waals surface area (Å²) in [6.45, 7) is 3.22. The molecule has 0 aliphatic carbocycles. The van der Waals surface area contributed by atoms with Gasteiger partial charge in [-0.3, -0.25) is 14.4 Å². The Hall–Kier alpha value is -3.37. The second-order valence-corrected chi connectivity index (χ2v) is 5.45. The van der Waals surface area contributed by atoms with Crippen molar-refractivity contribution in [2.24, 2.45) is 0 Å². The van der Waals surface area contributed by atoms with Gasteiger partial charge in [-0.05, 0) is 0 Å². The van der Waals surface area contributed by atoms with E-state index in [0.29, 0.717) is 12.2 Å². The second-order valence-electron chi connectivity index (χ2n) is 5.45. The molecule has 0 saturated carbocycles. The molecule has 0 aromatic rings. The molecular formula is C15H18N4O7. The predicted octanol–water partition coefficient (Wildman–Crippen LogP) is -3.15. The van der Waals surface area contributed by atoms with Gasteiger partial charge in [-0.2, -0.15) is 0 Å². The van der Waals surface area contributed by atoms with Gasteiger partial charge in [0.1, 0.15) is 25.3 Å². The highest BCUT2D eigenvalue weighted by Crippen LogP contribution is 1.99. The number of hydrogen-bond donors (Lipinski definition) is 4. The fraction of sp³-hybridized carbons (Fsp3) is 0.400. The number of amides is 3. The first-order valence-electron chi connectivity index (χ1n) is 7.66. The van der Waals surface area contributed by atoms with Gasteiger partial charge in [0.05, 0.1) is 13.1 Å². The van der Waals surface area contributed by atoms with Crippen LogP contribution in [-0.4, -0.2) is 68.0 Å². The lowest BCUT2D eigenvalue weighted by atomic mass is 10.2. The van der Waals surface area contributed by atoms with Gasteiger partial charge in [0.25, 0.3) is 0 Å². The maximum Gasteiger partial charge on any atom is 0.331 e. The number of nitrogens with one attached hydrogen (secondary N) is 4. The molecule has 0 spiro atoms. The molecule has 2 aliphatic heterocycles. The number of rotatable bonds is 6. The summed E-state index contributed by atoms with van der Waals surface area (Å²) in [5.41, 5.74) is 0.587. The molecule has 4 N–H and O–H groups in total. The van der Waals surface area contributed by atoms with Crippen LogP contribution in [0.25, 0.3) is 0 Å². The van der Waals surface area contributed by atoms with Crippen LogP contribution in [0.15, 0.2) is 24.4 Å². The summed E-state index contributed by atoms with van der Waals surface area (Å²) in [5.74, 6) is -2.94. The van der Waals surface area contributed by atoms with Gasteiger partial charge < -0.3 is 30.7 Å². The third kappa shape index (κ3) is 5.61. The molecule has 11 heteroatoms. The summed E-state index contributed by atoms with van der Waals surface area (Å²) in [6.07, 6.45) is 1.65. The van der Waals surface area contributed by atoms with E-state index in [0.717, 1.165) is 12.2 Å². The fourth-order valence-corrected chi connectivity index (χ4v) is 2.08. The Labute approximate surface area is 148 Å². The summed E-state index contributed by atoms with van der Waals surface area (Å²) in [6, 6.07) is -1.74. The van der Waals surface area contributed by atoms with E-state index in [9.17, 15) is 24.0 Å². The molecule has 2 saturated heterocycles. The first kappa shape index (κ1) is 19.0. The van der Waals surface area contributed by atoms with E-state index in [1.165, 1.54) is 0 Å². The van der Waals surface area contributed by atoms with Gasteiger partial charge >= 0.3 is 11.9 Å². The summed E-state index contributed by atoms with van der Waals surface area (Å²) < 4.78 is 9.64. The highest BCUT2D eigenvalue weighted by Gasteiger charge is 2.27. The molecular weight excluding hydrogens is 348 g/mol. The molecule has 0 aromatic heterocycles. The Bertz CT molecular complexity index is 617. The largest absolute Gasteiger partial charge is 0.460 e. The first-order chi connectivity index (χ1) is 12.3. The van der Waals surface area contributed by atoms with Crippen LogP contribution >= 0.6 is 0 Å². The van der Waals surface area contributed by atoms with Crippen molar-refractivity contribution in [2.45, 2.75) is 12.1 Å². The van der Waals surface area contributed by atoms with Crippen LogP contribution in [0, 0.1) is 0 Å². The Balaban J connectivity index is 1.70. The first-order valence-corrected chi connectivity index (χ1v) is 7.66. The molecule has 0 bridgehead atoms. The topological polar surface area (TPSA) is 152 Å². The van der Waals surface area contributed by atoms with Crippen LogP contribution < -0.4 is 21.3 Å². The van der Waals surface area contributed by atoms with Crippen molar-refractivity contribution in [3.63, 3.8) is 0 Å². The summed E-state index contributed by atoms with van der Waals surface area (Å²) in [7, 11) is 0. The zero-order valence-corrected chi connectivity index (χ0v) is 13.7. The van der Waals surface area contributed by atoms with E-state index in [1.54, 1.807) is 0 Å². The zero-order valence-electron chi connectivity index (χ0n) is 13.7. The van der Waals surface area contributed by atoms with E-state index < -0.39 is 35.8 Å². The third-order valence-corrected chi connectivity index (χ3v) is 3.39. The number of piperazine rings is 2. The molecule has 2 aliphatic rings. The SMILES string of the molecule is C=C1CNC(=O)[C@H](COC(=O)/C=C/C(=O)OC[C@@H]2NC(=O)CNC2=O)N1. The Morgan fingerprint density at radius 2 is 1.42 bits per heavy atom. The van der Waals surface area contributed by atoms with E-state index in [1.807, 2.05) is 0 Å². The average molecular weight is 366 g/mol. The minimum atomic E-state index is -0.982. The molecule has 0 aromatic carbocycles. The predicted molar refractivity (Wildman–Crippen MR) is 85.1 cm³/mol. The van der Waals surface area contributed by atoms with Gasteiger partial charge in [0.15, 0.2) is 0 Å². The normalized spacial score (nSPS) is 22.8. The van der Waals surface area contributed by atoms with Crippen molar-refractivity contribution in [1.29, 1.82) is 0 Å². The van der Waals surface area contributed by atoms with Crippen molar-refractivity contribution < 1.29 is 33.4 Å². The van der Waals surface area contributed by atoms with Crippen molar-refractivity contribution in [3.8, 4) is 0 Å². The molecule has 0 radical (unpaired) electrons.